The van der Waals surface area contributed by atoms with Gasteiger partial charge < -0.3 is 9.84 Å². The molecule has 0 radical (unpaired) electrons. The summed E-state index contributed by atoms with van der Waals surface area (Å²) in [4.78, 5) is 10.6. The van der Waals surface area contributed by atoms with Gasteiger partial charge in [0.05, 0.1) is 12.5 Å². The third kappa shape index (κ3) is 2.48. The van der Waals surface area contributed by atoms with Gasteiger partial charge in [-0.1, -0.05) is 0 Å². The summed E-state index contributed by atoms with van der Waals surface area (Å²) in [7, 11) is 0. The molecule has 0 fully saturated rings. The van der Waals surface area contributed by atoms with Crippen LogP contribution in [0.3, 0.4) is 0 Å². The van der Waals surface area contributed by atoms with Gasteiger partial charge in [0, 0.05) is 11.3 Å². The van der Waals surface area contributed by atoms with E-state index in [2.05, 4.69) is 10.2 Å². The van der Waals surface area contributed by atoms with Crippen molar-refractivity contribution in [1.82, 2.24) is 10.2 Å². The van der Waals surface area contributed by atoms with Crippen LogP contribution in [0.4, 0.5) is 0 Å². The molecule has 1 aromatic heterocycles. The van der Waals surface area contributed by atoms with E-state index in [1.54, 1.807) is 6.92 Å². The first kappa shape index (κ1) is 10.6. The molecule has 0 aliphatic heterocycles. The molecule has 0 atom stereocenters. The highest BCUT2D eigenvalue weighted by atomic mass is 16.5. The van der Waals surface area contributed by atoms with Gasteiger partial charge in [0.2, 0.25) is 5.88 Å². The number of aromatic amines is 1. The third-order valence-electron chi connectivity index (χ3n) is 1.71. The second kappa shape index (κ2) is 4.13. The van der Waals surface area contributed by atoms with Gasteiger partial charge in [0.25, 0.3) is 0 Å². The zero-order valence-corrected chi connectivity index (χ0v) is 8.50. The predicted octanol–water partition coefficient (Wildman–Crippen LogP) is 1.13. The molecule has 1 rings (SSSR count). The number of carboxylic acids is 1. The van der Waals surface area contributed by atoms with Crippen LogP contribution >= 0.6 is 0 Å². The van der Waals surface area contributed by atoms with Crippen LogP contribution in [0.5, 0.6) is 5.88 Å². The highest BCUT2D eigenvalue weighted by Gasteiger charge is 2.15. The maximum Gasteiger partial charge on any atom is 0.308 e. The van der Waals surface area contributed by atoms with Crippen LogP contribution in [-0.4, -0.2) is 27.4 Å². The van der Waals surface area contributed by atoms with E-state index in [1.165, 1.54) is 0 Å². The molecule has 5 nitrogen and oxygen atoms in total. The molecule has 0 aliphatic rings. The molecule has 5 heteroatoms. The number of carbonyl (C=O) groups is 1. The fourth-order valence-electron chi connectivity index (χ4n) is 1.11. The molecule has 0 saturated carbocycles. The first-order valence-corrected chi connectivity index (χ1v) is 4.43. The van der Waals surface area contributed by atoms with E-state index in [0.29, 0.717) is 11.4 Å². The molecule has 0 bridgehead atoms. The number of H-pyrrole nitrogens is 1. The summed E-state index contributed by atoms with van der Waals surface area (Å²) in [5.41, 5.74) is 1.36. The van der Waals surface area contributed by atoms with Crippen molar-refractivity contribution in [3.8, 4) is 5.88 Å². The molecule has 1 aromatic rings. The topological polar surface area (TPSA) is 75.2 Å². The summed E-state index contributed by atoms with van der Waals surface area (Å²) in [6.07, 6.45) is -0.0741. The fourth-order valence-corrected chi connectivity index (χ4v) is 1.11. The van der Waals surface area contributed by atoms with Crippen LogP contribution in [0.2, 0.25) is 0 Å². The Hall–Kier alpha value is -1.52. The monoisotopic (exact) mass is 198 g/mol. The number of nitrogens with zero attached hydrogens (tertiary/aromatic N) is 1. The summed E-state index contributed by atoms with van der Waals surface area (Å²) < 4.78 is 5.36. The smallest absolute Gasteiger partial charge is 0.308 e. The fraction of sp³-hybridized carbons (Fsp3) is 0.556. The first-order valence-electron chi connectivity index (χ1n) is 4.43. The lowest BCUT2D eigenvalue weighted by Crippen LogP contribution is -2.09. The maximum absolute atomic E-state index is 10.6. The summed E-state index contributed by atoms with van der Waals surface area (Å²) in [5.74, 6) is -0.497. The minimum Gasteiger partial charge on any atom is -0.481 e. The highest BCUT2D eigenvalue weighted by Crippen LogP contribution is 2.20. The Bertz CT molecular complexity index is 331. The van der Waals surface area contributed by atoms with Gasteiger partial charge in [-0.2, -0.15) is 0 Å². The highest BCUT2D eigenvalue weighted by molar-refractivity contribution is 5.71. The summed E-state index contributed by atoms with van der Waals surface area (Å²) in [6, 6.07) is 0. The van der Waals surface area contributed by atoms with Gasteiger partial charge in [-0.25, -0.2) is 0 Å². The van der Waals surface area contributed by atoms with Crippen molar-refractivity contribution in [3.63, 3.8) is 0 Å². The van der Waals surface area contributed by atoms with Gasteiger partial charge in [-0.15, -0.1) is 5.10 Å². The Morgan fingerprint density at radius 2 is 2.29 bits per heavy atom. The van der Waals surface area contributed by atoms with Gasteiger partial charge in [0.1, 0.15) is 0 Å². The van der Waals surface area contributed by atoms with Gasteiger partial charge in [-0.05, 0) is 20.8 Å². The van der Waals surface area contributed by atoms with Crippen LogP contribution in [0, 0.1) is 6.92 Å². The minimum atomic E-state index is -0.886. The zero-order valence-electron chi connectivity index (χ0n) is 8.50. The molecular formula is C9H14N2O3. The lowest BCUT2D eigenvalue weighted by Gasteiger charge is -2.07. The SMILES string of the molecule is Cc1[nH]nc(OC(C)C)c1CC(=O)O. The second-order valence-electron chi connectivity index (χ2n) is 3.37. The van der Waals surface area contributed by atoms with Crippen molar-refractivity contribution in [2.45, 2.75) is 33.3 Å². The molecule has 2 N–H and O–H groups in total. The summed E-state index contributed by atoms with van der Waals surface area (Å²) in [6.45, 7) is 5.52. The molecule has 0 aliphatic carbocycles. The number of aryl methyl sites for hydroxylation is 1. The van der Waals surface area contributed by atoms with Crippen molar-refractivity contribution in [1.29, 1.82) is 0 Å². The van der Waals surface area contributed by atoms with Crippen molar-refractivity contribution in [2.75, 3.05) is 0 Å². The minimum absolute atomic E-state index is 0.00903. The van der Waals surface area contributed by atoms with E-state index in [9.17, 15) is 4.79 Å². The number of ether oxygens (including phenoxy) is 1. The van der Waals surface area contributed by atoms with Crippen molar-refractivity contribution < 1.29 is 14.6 Å². The zero-order chi connectivity index (χ0) is 10.7. The largest absolute Gasteiger partial charge is 0.481 e. The van der Waals surface area contributed by atoms with Crippen molar-refractivity contribution in [2.24, 2.45) is 0 Å². The molecule has 0 amide bonds. The third-order valence-corrected chi connectivity index (χ3v) is 1.71. The molecule has 14 heavy (non-hydrogen) atoms. The summed E-state index contributed by atoms with van der Waals surface area (Å²) >= 11 is 0. The molecule has 0 unspecified atom stereocenters. The molecule has 78 valence electrons. The van der Waals surface area contributed by atoms with E-state index in [-0.39, 0.29) is 12.5 Å². The average molecular weight is 198 g/mol. The van der Waals surface area contributed by atoms with E-state index in [0.717, 1.165) is 5.69 Å². The number of nitrogens with one attached hydrogen (secondary N) is 1. The molecule has 0 aromatic carbocycles. The van der Waals surface area contributed by atoms with Gasteiger partial charge in [-0.3, -0.25) is 9.89 Å². The molecule has 0 spiro atoms. The van der Waals surface area contributed by atoms with Crippen LogP contribution in [0.1, 0.15) is 25.1 Å². The number of aliphatic carboxylic acids is 1. The van der Waals surface area contributed by atoms with Crippen molar-refractivity contribution in [3.05, 3.63) is 11.3 Å². The van der Waals surface area contributed by atoms with Crippen LogP contribution in [-0.2, 0) is 11.2 Å². The Labute approximate surface area is 82.1 Å². The lowest BCUT2D eigenvalue weighted by atomic mass is 10.2. The Morgan fingerprint density at radius 1 is 1.64 bits per heavy atom. The van der Waals surface area contributed by atoms with Crippen LogP contribution in [0.15, 0.2) is 0 Å². The van der Waals surface area contributed by atoms with Gasteiger partial charge >= 0.3 is 5.97 Å². The molecule has 1 heterocycles. The van der Waals surface area contributed by atoms with Crippen molar-refractivity contribution >= 4 is 5.97 Å². The van der Waals surface area contributed by atoms with Crippen LogP contribution in [0.25, 0.3) is 0 Å². The predicted molar refractivity (Wildman–Crippen MR) is 50.4 cm³/mol. The number of hydrogen-bond donors (Lipinski definition) is 2. The number of carboxylic acid groups (broad SMARTS) is 1. The quantitative estimate of drug-likeness (QED) is 0.760. The summed E-state index contributed by atoms with van der Waals surface area (Å²) in [5, 5.41) is 15.3. The normalized spacial score (nSPS) is 10.6. The first-order chi connectivity index (χ1) is 6.50. The Morgan fingerprint density at radius 3 is 2.79 bits per heavy atom. The van der Waals surface area contributed by atoms with E-state index < -0.39 is 5.97 Å². The maximum atomic E-state index is 10.6. The van der Waals surface area contributed by atoms with E-state index >= 15 is 0 Å². The number of aromatic nitrogens is 2. The number of rotatable bonds is 4. The van der Waals surface area contributed by atoms with Crippen LogP contribution < -0.4 is 4.74 Å². The molecular weight excluding hydrogens is 184 g/mol. The van der Waals surface area contributed by atoms with Gasteiger partial charge in [0.15, 0.2) is 0 Å². The standard InChI is InChI=1S/C9H14N2O3/c1-5(2)14-9-7(4-8(12)13)6(3)10-11-9/h5H,4H2,1-3H3,(H,10,11)(H,12,13). The Balaban J connectivity index is 2.88. The average Bonchev–Trinajstić information content (AvgIpc) is 2.34. The Kier molecular flexibility index (Phi) is 3.11. The lowest BCUT2D eigenvalue weighted by molar-refractivity contribution is -0.136. The van der Waals surface area contributed by atoms with E-state index in [1.807, 2.05) is 13.8 Å². The van der Waals surface area contributed by atoms with E-state index in [4.69, 9.17) is 9.84 Å². The second-order valence-corrected chi connectivity index (χ2v) is 3.37. The molecule has 0 saturated heterocycles. The number of hydrogen-bond acceptors (Lipinski definition) is 3.